The zero-order valence-corrected chi connectivity index (χ0v) is 23.6. The maximum absolute atomic E-state index is 14.0. The Morgan fingerprint density at radius 1 is 1.07 bits per heavy atom. The number of aliphatic hydroxyl groups excluding tert-OH is 1. The van der Waals surface area contributed by atoms with Gasteiger partial charge in [0.15, 0.2) is 0 Å². The summed E-state index contributed by atoms with van der Waals surface area (Å²) in [7, 11) is 1.51. The molecule has 0 aliphatic carbocycles. The highest BCUT2D eigenvalue weighted by molar-refractivity contribution is 6.03. The molecule has 1 N–H and O–H groups in total. The largest absolute Gasteiger partial charge is 0.435 e. The summed E-state index contributed by atoms with van der Waals surface area (Å²) in [5, 5.41) is 9.84. The molecule has 0 bridgehead atoms. The Morgan fingerprint density at radius 2 is 1.71 bits per heavy atom. The van der Waals surface area contributed by atoms with Gasteiger partial charge in [0.1, 0.15) is 23.1 Å². The molecular formula is C30H32F5N3O4. The van der Waals surface area contributed by atoms with Gasteiger partial charge in [-0.1, -0.05) is 6.07 Å². The average Bonchev–Trinajstić information content (AvgIpc) is 3.40. The summed E-state index contributed by atoms with van der Waals surface area (Å²) >= 11 is 0. The SMILES string of the molecule is Cc1cc(F)ccc1-c1cc(N2CCCC2CO)ncc1N(C)C(=O)C(C)(C)c1cc(OC(F)F)cc(OC(F)F)c1. The van der Waals surface area contributed by atoms with Gasteiger partial charge in [-0.15, -0.1) is 0 Å². The van der Waals surface area contributed by atoms with Crippen molar-refractivity contribution in [1.82, 2.24) is 4.98 Å². The lowest BCUT2D eigenvalue weighted by Crippen LogP contribution is -2.42. The fourth-order valence-corrected chi connectivity index (χ4v) is 5.26. The van der Waals surface area contributed by atoms with Crippen molar-refractivity contribution in [3.8, 4) is 22.6 Å². The number of benzene rings is 2. The number of hydrogen-bond donors (Lipinski definition) is 1. The first kappa shape index (κ1) is 31.0. The fraction of sp³-hybridized carbons (Fsp3) is 0.400. The van der Waals surface area contributed by atoms with Gasteiger partial charge in [-0.05, 0) is 80.6 Å². The first-order valence-corrected chi connectivity index (χ1v) is 13.3. The summed E-state index contributed by atoms with van der Waals surface area (Å²) in [5.74, 6) is -1.26. The maximum Gasteiger partial charge on any atom is 0.387 e. The van der Waals surface area contributed by atoms with E-state index in [1.807, 2.05) is 4.90 Å². The van der Waals surface area contributed by atoms with Crippen molar-refractivity contribution in [2.75, 3.05) is 30.0 Å². The van der Waals surface area contributed by atoms with Gasteiger partial charge in [0.25, 0.3) is 0 Å². The Morgan fingerprint density at radius 3 is 2.29 bits per heavy atom. The smallest absolute Gasteiger partial charge is 0.387 e. The number of halogens is 5. The van der Waals surface area contributed by atoms with Crippen LogP contribution in [-0.4, -0.2) is 55.5 Å². The van der Waals surface area contributed by atoms with Crippen LogP contribution in [0, 0.1) is 12.7 Å². The number of aromatic nitrogens is 1. The van der Waals surface area contributed by atoms with E-state index in [4.69, 9.17) is 0 Å². The van der Waals surface area contributed by atoms with Gasteiger partial charge in [-0.2, -0.15) is 17.6 Å². The molecule has 1 atom stereocenters. The van der Waals surface area contributed by atoms with Gasteiger partial charge < -0.3 is 24.4 Å². The molecule has 1 fully saturated rings. The molecule has 2 heterocycles. The van der Waals surface area contributed by atoms with Crippen LogP contribution in [0.3, 0.4) is 0 Å². The Bertz CT molecular complexity index is 1410. The van der Waals surface area contributed by atoms with Crippen LogP contribution >= 0.6 is 0 Å². The van der Waals surface area contributed by atoms with Crippen molar-refractivity contribution in [3.63, 3.8) is 0 Å². The van der Waals surface area contributed by atoms with Crippen molar-refractivity contribution in [3.05, 3.63) is 65.6 Å². The number of alkyl halides is 4. The normalized spacial score (nSPS) is 15.4. The van der Waals surface area contributed by atoms with Gasteiger partial charge >= 0.3 is 13.2 Å². The van der Waals surface area contributed by atoms with Crippen molar-refractivity contribution in [2.24, 2.45) is 0 Å². The highest BCUT2D eigenvalue weighted by Crippen LogP contribution is 2.39. The number of likely N-dealkylation sites (N-methyl/N-ethyl adjacent to an activating group) is 1. The molecule has 7 nitrogen and oxygen atoms in total. The molecule has 1 aliphatic heterocycles. The lowest BCUT2D eigenvalue weighted by Gasteiger charge is -2.32. The number of hydrogen-bond acceptors (Lipinski definition) is 6. The van der Waals surface area contributed by atoms with Crippen LogP contribution in [-0.2, 0) is 10.2 Å². The fourth-order valence-electron chi connectivity index (χ4n) is 5.26. The minimum absolute atomic E-state index is 0.0491. The van der Waals surface area contributed by atoms with Gasteiger partial charge in [0.2, 0.25) is 5.91 Å². The molecule has 42 heavy (non-hydrogen) atoms. The van der Waals surface area contributed by atoms with Gasteiger partial charge in [-0.3, -0.25) is 4.79 Å². The second-order valence-corrected chi connectivity index (χ2v) is 10.6. The van der Waals surface area contributed by atoms with Crippen molar-refractivity contribution < 1.29 is 41.3 Å². The third kappa shape index (κ3) is 6.59. The van der Waals surface area contributed by atoms with Crippen LogP contribution < -0.4 is 19.3 Å². The number of pyridine rings is 1. The molecular weight excluding hydrogens is 561 g/mol. The minimum Gasteiger partial charge on any atom is -0.435 e. The van der Waals surface area contributed by atoms with Crippen LogP contribution in [0.2, 0.25) is 0 Å². The molecule has 0 saturated carbocycles. The van der Waals surface area contributed by atoms with E-state index >= 15 is 0 Å². The first-order valence-electron chi connectivity index (χ1n) is 13.3. The zero-order valence-electron chi connectivity index (χ0n) is 23.6. The number of carbonyl (C=O) groups is 1. The van der Waals surface area contributed by atoms with Crippen LogP contribution in [0.25, 0.3) is 11.1 Å². The van der Waals surface area contributed by atoms with E-state index in [0.29, 0.717) is 34.7 Å². The van der Waals surface area contributed by atoms with Gasteiger partial charge in [-0.25, -0.2) is 9.37 Å². The molecule has 1 aliphatic rings. The number of ether oxygens (including phenoxy) is 2. The number of anilines is 2. The van der Waals surface area contributed by atoms with E-state index < -0.39 is 41.9 Å². The maximum atomic E-state index is 14.0. The lowest BCUT2D eigenvalue weighted by molar-refractivity contribution is -0.122. The van der Waals surface area contributed by atoms with Crippen LogP contribution in [0.1, 0.15) is 37.8 Å². The third-order valence-electron chi connectivity index (χ3n) is 7.48. The molecule has 2 aromatic carbocycles. The molecule has 1 aromatic heterocycles. The summed E-state index contributed by atoms with van der Waals surface area (Å²) in [6, 6.07) is 9.18. The average molecular weight is 594 g/mol. The molecule has 1 unspecified atom stereocenters. The molecule has 1 saturated heterocycles. The molecule has 0 spiro atoms. The van der Waals surface area contributed by atoms with E-state index in [-0.39, 0.29) is 18.2 Å². The van der Waals surface area contributed by atoms with Crippen molar-refractivity contribution in [2.45, 2.75) is 58.3 Å². The van der Waals surface area contributed by atoms with Crippen LogP contribution in [0.15, 0.2) is 48.7 Å². The quantitative estimate of drug-likeness (QED) is 0.278. The number of aliphatic hydroxyl groups is 1. The summed E-state index contributed by atoms with van der Waals surface area (Å²) < 4.78 is 74.8. The number of nitrogens with zero attached hydrogens (tertiary/aromatic N) is 3. The Hall–Kier alpha value is -3.93. The summed E-state index contributed by atoms with van der Waals surface area (Å²) in [5.41, 5.74) is 0.854. The molecule has 12 heteroatoms. The Labute approximate surface area is 240 Å². The minimum atomic E-state index is -3.23. The van der Waals surface area contributed by atoms with Crippen molar-refractivity contribution >= 4 is 17.4 Å². The van der Waals surface area contributed by atoms with Gasteiger partial charge in [0.05, 0.1) is 29.9 Å². The summed E-state index contributed by atoms with van der Waals surface area (Å²) in [6.45, 7) is -1.06. The summed E-state index contributed by atoms with van der Waals surface area (Å²) in [4.78, 5) is 21.9. The number of carbonyl (C=O) groups excluding carboxylic acids is 1. The second kappa shape index (κ2) is 12.5. The molecule has 0 radical (unpaired) electrons. The number of rotatable bonds is 10. The zero-order chi connectivity index (χ0) is 30.8. The van der Waals surface area contributed by atoms with E-state index in [1.54, 1.807) is 19.1 Å². The topological polar surface area (TPSA) is 75.1 Å². The lowest BCUT2D eigenvalue weighted by atomic mass is 9.82. The molecule has 3 aromatic rings. The van der Waals surface area contributed by atoms with E-state index in [0.717, 1.165) is 18.9 Å². The highest BCUT2D eigenvalue weighted by atomic mass is 19.3. The standard InChI is InChI=1S/C30H32F5N3O4/c1-17-10-19(31)7-8-23(17)24-14-26(38-9-5-6-20(38)16-39)36-15-25(24)37(4)27(40)30(2,3)18-11-21(41-28(32)33)13-22(12-18)42-29(34)35/h7-8,10-15,20,28-29,39H,5-6,9,16H2,1-4H3. The first-order chi connectivity index (χ1) is 19.8. The monoisotopic (exact) mass is 593 g/mol. The molecule has 1 amide bonds. The van der Waals surface area contributed by atoms with E-state index in [1.165, 1.54) is 56.3 Å². The van der Waals surface area contributed by atoms with E-state index in [2.05, 4.69) is 14.5 Å². The van der Waals surface area contributed by atoms with Crippen molar-refractivity contribution in [1.29, 1.82) is 0 Å². The Kier molecular flexibility index (Phi) is 9.24. The number of aryl methyl sites for hydroxylation is 1. The highest BCUT2D eigenvalue weighted by Gasteiger charge is 2.36. The number of amides is 1. The molecule has 226 valence electrons. The van der Waals surface area contributed by atoms with Crippen LogP contribution in [0.4, 0.5) is 33.5 Å². The van der Waals surface area contributed by atoms with Crippen LogP contribution in [0.5, 0.6) is 11.5 Å². The Balaban J connectivity index is 1.78. The molecule has 4 rings (SSSR count). The van der Waals surface area contributed by atoms with E-state index in [9.17, 15) is 31.9 Å². The third-order valence-corrected chi connectivity index (χ3v) is 7.48. The predicted molar refractivity (Wildman–Crippen MR) is 148 cm³/mol. The van der Waals surface area contributed by atoms with Gasteiger partial charge in [0, 0.05) is 25.2 Å². The predicted octanol–water partition coefficient (Wildman–Crippen LogP) is 6.30. The second-order valence-electron chi connectivity index (χ2n) is 10.6. The summed E-state index contributed by atoms with van der Waals surface area (Å²) in [6.07, 6.45) is 3.18.